The molecule has 0 saturated heterocycles. The van der Waals surface area contributed by atoms with E-state index in [0.717, 1.165) is 17.8 Å². The zero-order valence-electron chi connectivity index (χ0n) is 11.3. The van der Waals surface area contributed by atoms with Gasteiger partial charge in [-0.15, -0.1) is 0 Å². The number of aryl methyl sites for hydroxylation is 2. The SMILES string of the molecule is Cc1ccc(NS(=O)(=O)c2cc(N)c(F)cc2Cl)c(C)n1. The molecule has 5 nitrogen and oxygen atoms in total. The fourth-order valence-corrected chi connectivity index (χ4v) is 3.41. The van der Waals surface area contributed by atoms with E-state index in [2.05, 4.69) is 9.71 Å². The lowest BCUT2D eigenvalue weighted by atomic mass is 10.3. The number of rotatable bonds is 3. The van der Waals surface area contributed by atoms with E-state index in [4.69, 9.17) is 17.3 Å². The van der Waals surface area contributed by atoms with Crippen molar-refractivity contribution in [2.24, 2.45) is 0 Å². The van der Waals surface area contributed by atoms with E-state index in [1.54, 1.807) is 26.0 Å². The van der Waals surface area contributed by atoms with E-state index in [9.17, 15) is 12.8 Å². The Morgan fingerprint density at radius 2 is 1.95 bits per heavy atom. The fourth-order valence-electron chi connectivity index (χ4n) is 1.74. The minimum absolute atomic E-state index is 0.244. The molecule has 0 radical (unpaired) electrons. The van der Waals surface area contributed by atoms with Gasteiger partial charge in [-0.05, 0) is 38.1 Å². The monoisotopic (exact) mass is 329 g/mol. The number of pyridine rings is 1. The van der Waals surface area contributed by atoms with Crippen molar-refractivity contribution in [1.82, 2.24) is 4.98 Å². The third-order valence-corrected chi connectivity index (χ3v) is 4.64. The predicted octanol–water partition coefficient (Wildman–Crippen LogP) is 2.87. The molecule has 0 amide bonds. The van der Waals surface area contributed by atoms with Gasteiger partial charge in [0, 0.05) is 5.69 Å². The molecule has 1 heterocycles. The predicted molar refractivity (Wildman–Crippen MR) is 80.3 cm³/mol. The Bertz CT molecular complexity index is 809. The molecule has 0 unspecified atom stereocenters. The smallest absolute Gasteiger partial charge is 0.263 e. The number of nitrogen functional groups attached to an aromatic ring is 1. The van der Waals surface area contributed by atoms with Crippen molar-refractivity contribution < 1.29 is 12.8 Å². The third kappa shape index (κ3) is 3.25. The summed E-state index contributed by atoms with van der Waals surface area (Å²) in [5.41, 5.74) is 6.70. The largest absolute Gasteiger partial charge is 0.396 e. The summed E-state index contributed by atoms with van der Waals surface area (Å²) in [6, 6.07) is 5.12. The normalized spacial score (nSPS) is 11.4. The van der Waals surface area contributed by atoms with Crippen LogP contribution in [0.15, 0.2) is 29.2 Å². The van der Waals surface area contributed by atoms with Gasteiger partial charge in [-0.25, -0.2) is 12.8 Å². The molecule has 1 aromatic carbocycles. The Kier molecular flexibility index (Phi) is 4.06. The van der Waals surface area contributed by atoms with Crippen LogP contribution in [0, 0.1) is 19.7 Å². The number of nitrogens with two attached hydrogens (primary N) is 1. The first-order valence-electron chi connectivity index (χ1n) is 5.92. The Morgan fingerprint density at radius 1 is 1.29 bits per heavy atom. The lowest BCUT2D eigenvalue weighted by Gasteiger charge is -2.12. The maximum atomic E-state index is 13.2. The minimum atomic E-state index is -3.99. The van der Waals surface area contributed by atoms with Gasteiger partial charge in [0.1, 0.15) is 10.7 Å². The van der Waals surface area contributed by atoms with Crippen LogP contribution in [-0.2, 0) is 10.0 Å². The number of nitrogens with zero attached hydrogens (tertiary/aromatic N) is 1. The standard InChI is InChI=1S/C13H13ClFN3O2S/c1-7-3-4-12(8(2)17-7)18-21(19,20)13-6-11(16)10(15)5-9(13)14/h3-6,18H,16H2,1-2H3. The minimum Gasteiger partial charge on any atom is -0.396 e. The van der Waals surface area contributed by atoms with E-state index in [-0.39, 0.29) is 15.6 Å². The van der Waals surface area contributed by atoms with Crippen LogP contribution < -0.4 is 10.5 Å². The molecule has 1 aromatic heterocycles. The second kappa shape index (κ2) is 5.50. The molecule has 0 spiro atoms. The lowest BCUT2D eigenvalue weighted by molar-refractivity contribution is 0.600. The molecule has 0 bridgehead atoms. The summed E-state index contributed by atoms with van der Waals surface area (Å²) in [4.78, 5) is 3.87. The number of nitrogens with one attached hydrogen (secondary N) is 1. The number of aromatic nitrogens is 1. The van der Waals surface area contributed by atoms with Crippen molar-refractivity contribution in [2.45, 2.75) is 18.7 Å². The average molecular weight is 330 g/mol. The third-order valence-electron chi connectivity index (χ3n) is 2.81. The topological polar surface area (TPSA) is 85.1 Å². The zero-order valence-corrected chi connectivity index (χ0v) is 12.9. The molecular formula is C13H13ClFN3O2S. The van der Waals surface area contributed by atoms with E-state index < -0.39 is 15.8 Å². The number of anilines is 2. The number of hydrogen-bond acceptors (Lipinski definition) is 4. The summed E-state index contributed by atoms with van der Waals surface area (Å²) in [5.74, 6) is -0.771. The number of hydrogen-bond donors (Lipinski definition) is 2. The van der Waals surface area contributed by atoms with Gasteiger partial charge in [-0.1, -0.05) is 11.6 Å². The maximum Gasteiger partial charge on any atom is 0.263 e. The van der Waals surface area contributed by atoms with Gasteiger partial charge < -0.3 is 5.73 Å². The fraction of sp³-hybridized carbons (Fsp3) is 0.154. The highest BCUT2D eigenvalue weighted by molar-refractivity contribution is 7.92. The van der Waals surface area contributed by atoms with Gasteiger partial charge in [-0.3, -0.25) is 9.71 Å². The molecule has 0 atom stereocenters. The van der Waals surface area contributed by atoms with Gasteiger partial charge in [0.05, 0.1) is 22.1 Å². The highest BCUT2D eigenvalue weighted by Crippen LogP contribution is 2.28. The summed E-state index contributed by atoms with van der Waals surface area (Å²) >= 11 is 5.79. The van der Waals surface area contributed by atoms with Crippen LogP contribution in [-0.4, -0.2) is 13.4 Å². The summed E-state index contributed by atoms with van der Waals surface area (Å²) < 4.78 is 40.3. The molecule has 21 heavy (non-hydrogen) atoms. The van der Waals surface area contributed by atoms with E-state index in [1.165, 1.54) is 0 Å². The van der Waals surface area contributed by atoms with Crippen LogP contribution in [0.4, 0.5) is 15.8 Å². The molecule has 2 aromatic rings. The average Bonchev–Trinajstić information content (AvgIpc) is 2.37. The van der Waals surface area contributed by atoms with Crippen LogP contribution in [0.1, 0.15) is 11.4 Å². The highest BCUT2D eigenvalue weighted by Gasteiger charge is 2.21. The highest BCUT2D eigenvalue weighted by atomic mass is 35.5. The second-order valence-electron chi connectivity index (χ2n) is 4.50. The van der Waals surface area contributed by atoms with Gasteiger partial charge in [0.25, 0.3) is 10.0 Å². The quantitative estimate of drug-likeness (QED) is 0.848. The van der Waals surface area contributed by atoms with Crippen LogP contribution in [0.25, 0.3) is 0 Å². The number of sulfonamides is 1. The van der Waals surface area contributed by atoms with Crippen molar-refractivity contribution >= 4 is 33.0 Å². The Balaban J connectivity index is 2.46. The molecule has 0 aliphatic rings. The summed E-state index contributed by atoms with van der Waals surface area (Å²) in [6.45, 7) is 3.47. The van der Waals surface area contributed by atoms with Gasteiger partial charge in [-0.2, -0.15) is 0 Å². The van der Waals surface area contributed by atoms with E-state index in [1.807, 2.05) is 0 Å². The second-order valence-corrected chi connectivity index (χ2v) is 6.55. The Morgan fingerprint density at radius 3 is 2.57 bits per heavy atom. The zero-order chi connectivity index (χ0) is 15.8. The lowest BCUT2D eigenvalue weighted by Crippen LogP contribution is -2.15. The number of halogens is 2. The molecule has 112 valence electrons. The van der Waals surface area contributed by atoms with Crippen LogP contribution >= 0.6 is 11.6 Å². The number of benzene rings is 1. The van der Waals surface area contributed by atoms with Gasteiger partial charge >= 0.3 is 0 Å². The Hall–Kier alpha value is -1.86. The van der Waals surface area contributed by atoms with Crippen molar-refractivity contribution in [3.05, 3.63) is 46.5 Å². The van der Waals surface area contributed by atoms with Gasteiger partial charge in [0.2, 0.25) is 0 Å². The van der Waals surface area contributed by atoms with Gasteiger partial charge in [0.15, 0.2) is 0 Å². The van der Waals surface area contributed by atoms with Crippen LogP contribution in [0.5, 0.6) is 0 Å². The summed E-state index contributed by atoms with van der Waals surface area (Å²) in [5, 5.41) is -0.244. The molecule has 0 fully saturated rings. The maximum absolute atomic E-state index is 13.2. The first-order chi connectivity index (χ1) is 9.70. The van der Waals surface area contributed by atoms with Crippen molar-refractivity contribution in [3.8, 4) is 0 Å². The molecular weight excluding hydrogens is 317 g/mol. The van der Waals surface area contributed by atoms with E-state index in [0.29, 0.717) is 11.4 Å². The van der Waals surface area contributed by atoms with Crippen molar-refractivity contribution in [1.29, 1.82) is 0 Å². The summed E-state index contributed by atoms with van der Waals surface area (Å²) in [6.07, 6.45) is 0. The molecule has 0 aliphatic carbocycles. The molecule has 8 heteroatoms. The van der Waals surface area contributed by atoms with E-state index >= 15 is 0 Å². The molecule has 3 N–H and O–H groups in total. The van der Waals surface area contributed by atoms with Crippen LogP contribution in [0.3, 0.4) is 0 Å². The molecule has 2 rings (SSSR count). The molecule has 0 aliphatic heterocycles. The van der Waals surface area contributed by atoms with Crippen LogP contribution in [0.2, 0.25) is 5.02 Å². The molecule has 0 saturated carbocycles. The van der Waals surface area contributed by atoms with Crippen molar-refractivity contribution in [3.63, 3.8) is 0 Å². The first kappa shape index (κ1) is 15.5. The first-order valence-corrected chi connectivity index (χ1v) is 7.78. The summed E-state index contributed by atoms with van der Waals surface area (Å²) in [7, 11) is -3.99. The van der Waals surface area contributed by atoms with Crippen molar-refractivity contribution in [2.75, 3.05) is 10.5 Å². The Labute approximate surface area is 127 Å².